The lowest BCUT2D eigenvalue weighted by atomic mass is 9.93. The van der Waals surface area contributed by atoms with Crippen molar-refractivity contribution in [2.24, 2.45) is 0 Å². The summed E-state index contributed by atoms with van der Waals surface area (Å²) < 4.78 is 0.988. The third-order valence-corrected chi connectivity index (χ3v) is 5.72. The van der Waals surface area contributed by atoms with E-state index in [1.165, 1.54) is 0 Å². The van der Waals surface area contributed by atoms with Crippen molar-refractivity contribution in [3.8, 4) is 0 Å². The Bertz CT molecular complexity index is 1030. The number of amides is 1. The van der Waals surface area contributed by atoms with Crippen LogP contribution in [0.15, 0.2) is 77.3 Å². The standard InChI is InChI=1S/C23H17BrClNO2/c24-17-8-6-15(7-9-17)14-26-21-11-10-18(25)12-19(21)20(23(26)28)13-22(27)16-4-2-1-3-5-16/h1-12,20H,13-14H2. The molecule has 1 heterocycles. The highest BCUT2D eigenvalue weighted by atomic mass is 79.9. The predicted molar refractivity (Wildman–Crippen MR) is 115 cm³/mol. The van der Waals surface area contributed by atoms with Crippen LogP contribution in [-0.2, 0) is 11.3 Å². The van der Waals surface area contributed by atoms with Gasteiger partial charge >= 0.3 is 0 Å². The molecule has 0 saturated heterocycles. The van der Waals surface area contributed by atoms with Crippen molar-refractivity contribution < 1.29 is 9.59 Å². The molecule has 1 aliphatic rings. The maximum absolute atomic E-state index is 13.2. The van der Waals surface area contributed by atoms with Gasteiger partial charge in [0.05, 0.1) is 12.5 Å². The minimum atomic E-state index is -0.517. The maximum Gasteiger partial charge on any atom is 0.235 e. The summed E-state index contributed by atoms with van der Waals surface area (Å²) in [6.45, 7) is 0.455. The molecule has 1 unspecified atom stereocenters. The Labute approximate surface area is 177 Å². The number of Topliss-reactive ketones (excluding diaryl/α,β-unsaturated/α-hetero) is 1. The van der Waals surface area contributed by atoms with Crippen molar-refractivity contribution in [3.63, 3.8) is 0 Å². The molecule has 3 aromatic rings. The summed E-state index contributed by atoms with van der Waals surface area (Å²) in [6.07, 6.45) is 0.132. The fourth-order valence-electron chi connectivity index (χ4n) is 3.55. The summed E-state index contributed by atoms with van der Waals surface area (Å²) in [5, 5.41) is 0.564. The maximum atomic E-state index is 13.2. The Kier molecular flexibility index (Phi) is 5.33. The molecule has 0 aliphatic carbocycles. The molecular formula is C23H17BrClNO2. The number of hydrogen-bond donors (Lipinski definition) is 0. The fourth-order valence-corrected chi connectivity index (χ4v) is 4.00. The molecule has 0 spiro atoms. The third-order valence-electron chi connectivity index (χ3n) is 4.96. The lowest BCUT2D eigenvalue weighted by Gasteiger charge is -2.18. The van der Waals surface area contributed by atoms with Gasteiger partial charge in [-0.2, -0.15) is 0 Å². The number of carbonyl (C=O) groups excluding carboxylic acids is 2. The molecule has 28 heavy (non-hydrogen) atoms. The van der Waals surface area contributed by atoms with Gasteiger partial charge in [0, 0.05) is 27.2 Å². The highest BCUT2D eigenvalue weighted by Crippen LogP contribution is 2.42. The molecule has 1 amide bonds. The second-order valence-electron chi connectivity index (χ2n) is 6.80. The molecule has 3 aromatic carbocycles. The number of rotatable bonds is 5. The van der Waals surface area contributed by atoms with Gasteiger partial charge < -0.3 is 4.90 Å². The zero-order valence-electron chi connectivity index (χ0n) is 14.9. The third kappa shape index (κ3) is 3.75. The van der Waals surface area contributed by atoms with E-state index in [0.717, 1.165) is 21.3 Å². The molecule has 0 N–H and O–H groups in total. The van der Waals surface area contributed by atoms with E-state index in [1.54, 1.807) is 29.2 Å². The summed E-state index contributed by atoms with van der Waals surface area (Å²) >= 11 is 9.63. The molecule has 1 atom stereocenters. The van der Waals surface area contributed by atoms with E-state index in [1.807, 2.05) is 48.5 Å². The van der Waals surface area contributed by atoms with Crippen LogP contribution in [0.1, 0.15) is 33.8 Å². The minimum Gasteiger partial charge on any atom is -0.307 e. The second-order valence-corrected chi connectivity index (χ2v) is 8.15. The topological polar surface area (TPSA) is 37.4 Å². The van der Waals surface area contributed by atoms with Gasteiger partial charge in [0.2, 0.25) is 5.91 Å². The van der Waals surface area contributed by atoms with Gasteiger partial charge in [0.25, 0.3) is 0 Å². The van der Waals surface area contributed by atoms with E-state index in [4.69, 9.17) is 11.6 Å². The van der Waals surface area contributed by atoms with E-state index >= 15 is 0 Å². The molecular weight excluding hydrogens is 438 g/mol. The zero-order chi connectivity index (χ0) is 19.7. The van der Waals surface area contributed by atoms with Gasteiger partial charge in [-0.05, 0) is 41.5 Å². The van der Waals surface area contributed by atoms with Gasteiger partial charge in [-0.3, -0.25) is 9.59 Å². The molecule has 140 valence electrons. The number of ketones is 1. The fraction of sp³-hybridized carbons (Fsp3) is 0.130. The highest BCUT2D eigenvalue weighted by molar-refractivity contribution is 9.10. The smallest absolute Gasteiger partial charge is 0.235 e. The Hall–Kier alpha value is -2.43. The van der Waals surface area contributed by atoms with Gasteiger partial charge in [0.15, 0.2) is 5.78 Å². The predicted octanol–water partition coefficient (Wildman–Crippen LogP) is 6.01. The SMILES string of the molecule is O=C(CC1C(=O)N(Cc2ccc(Br)cc2)c2ccc(Cl)cc21)c1ccccc1. The first-order valence-electron chi connectivity index (χ1n) is 8.96. The second kappa shape index (κ2) is 7.90. The molecule has 0 aromatic heterocycles. The van der Waals surface area contributed by atoms with Crippen LogP contribution in [0.2, 0.25) is 5.02 Å². The first-order valence-corrected chi connectivity index (χ1v) is 10.1. The molecule has 1 aliphatic heterocycles. The number of nitrogens with zero attached hydrogens (tertiary/aromatic N) is 1. The van der Waals surface area contributed by atoms with Crippen LogP contribution < -0.4 is 4.90 Å². The monoisotopic (exact) mass is 453 g/mol. The number of carbonyl (C=O) groups is 2. The first-order chi connectivity index (χ1) is 13.5. The van der Waals surface area contributed by atoms with Crippen LogP contribution in [0.3, 0.4) is 0 Å². The Morgan fingerprint density at radius 2 is 1.71 bits per heavy atom. The quantitative estimate of drug-likeness (QED) is 0.443. The van der Waals surface area contributed by atoms with Crippen molar-refractivity contribution in [2.75, 3.05) is 4.90 Å². The number of fused-ring (bicyclic) bond motifs is 1. The Morgan fingerprint density at radius 1 is 1.00 bits per heavy atom. The Morgan fingerprint density at radius 3 is 2.43 bits per heavy atom. The largest absolute Gasteiger partial charge is 0.307 e. The van der Waals surface area contributed by atoms with Crippen LogP contribution in [0.5, 0.6) is 0 Å². The highest BCUT2D eigenvalue weighted by Gasteiger charge is 2.38. The van der Waals surface area contributed by atoms with Crippen molar-refractivity contribution in [1.29, 1.82) is 0 Å². The zero-order valence-corrected chi connectivity index (χ0v) is 17.3. The lowest BCUT2D eigenvalue weighted by Crippen LogP contribution is -2.29. The molecule has 0 fully saturated rings. The minimum absolute atomic E-state index is 0.0460. The summed E-state index contributed by atoms with van der Waals surface area (Å²) in [5.41, 5.74) is 3.28. The number of anilines is 1. The molecule has 0 radical (unpaired) electrons. The number of benzene rings is 3. The van der Waals surface area contributed by atoms with E-state index in [9.17, 15) is 9.59 Å². The normalized spacial score (nSPS) is 15.6. The van der Waals surface area contributed by atoms with Crippen molar-refractivity contribution in [2.45, 2.75) is 18.9 Å². The molecule has 0 saturated carbocycles. The van der Waals surface area contributed by atoms with Crippen LogP contribution in [-0.4, -0.2) is 11.7 Å². The molecule has 3 nitrogen and oxygen atoms in total. The van der Waals surface area contributed by atoms with Gasteiger partial charge in [-0.15, -0.1) is 0 Å². The van der Waals surface area contributed by atoms with Gasteiger partial charge in [-0.1, -0.05) is 70.0 Å². The van der Waals surface area contributed by atoms with E-state index in [2.05, 4.69) is 15.9 Å². The van der Waals surface area contributed by atoms with Crippen LogP contribution in [0, 0.1) is 0 Å². The molecule has 5 heteroatoms. The van der Waals surface area contributed by atoms with E-state index in [0.29, 0.717) is 17.1 Å². The number of halogens is 2. The van der Waals surface area contributed by atoms with E-state index < -0.39 is 5.92 Å². The van der Waals surface area contributed by atoms with Crippen molar-refractivity contribution in [3.05, 3.63) is 99.0 Å². The van der Waals surface area contributed by atoms with Crippen LogP contribution in [0.25, 0.3) is 0 Å². The Balaban J connectivity index is 1.64. The summed E-state index contributed by atoms with van der Waals surface area (Å²) in [7, 11) is 0. The van der Waals surface area contributed by atoms with Gasteiger partial charge in [-0.25, -0.2) is 0 Å². The summed E-state index contributed by atoms with van der Waals surface area (Å²) in [4.78, 5) is 27.7. The summed E-state index contributed by atoms with van der Waals surface area (Å²) in [6, 6.07) is 22.4. The van der Waals surface area contributed by atoms with E-state index in [-0.39, 0.29) is 18.1 Å². The van der Waals surface area contributed by atoms with Crippen molar-refractivity contribution >= 4 is 44.9 Å². The average Bonchev–Trinajstić information content (AvgIpc) is 2.95. The average molecular weight is 455 g/mol. The van der Waals surface area contributed by atoms with Crippen LogP contribution >= 0.6 is 27.5 Å². The number of hydrogen-bond acceptors (Lipinski definition) is 2. The van der Waals surface area contributed by atoms with Crippen molar-refractivity contribution in [1.82, 2.24) is 0 Å². The van der Waals surface area contributed by atoms with Crippen LogP contribution in [0.4, 0.5) is 5.69 Å². The van der Waals surface area contributed by atoms with Gasteiger partial charge in [0.1, 0.15) is 0 Å². The molecule has 4 rings (SSSR count). The first kappa shape index (κ1) is 18.9. The molecule has 0 bridgehead atoms. The lowest BCUT2D eigenvalue weighted by molar-refractivity contribution is -0.119. The summed E-state index contributed by atoms with van der Waals surface area (Å²) in [5.74, 6) is -0.628.